The minimum Gasteiger partial charge on any atom is -0.463 e. The first kappa shape index (κ1) is 22.2. The highest BCUT2D eigenvalue weighted by Crippen LogP contribution is 2.34. The lowest BCUT2D eigenvalue weighted by Gasteiger charge is -2.20. The fourth-order valence-corrected chi connectivity index (χ4v) is 3.00. The predicted molar refractivity (Wildman–Crippen MR) is 98.0 cm³/mol. The van der Waals surface area contributed by atoms with Gasteiger partial charge in [-0.1, -0.05) is 17.2 Å². The summed E-state index contributed by atoms with van der Waals surface area (Å²) in [5.74, 6) is -0.656. The molecule has 0 fully saturated rings. The van der Waals surface area contributed by atoms with Gasteiger partial charge in [0.15, 0.2) is 0 Å². The van der Waals surface area contributed by atoms with Crippen molar-refractivity contribution in [1.29, 1.82) is 5.26 Å². The third-order valence-corrected chi connectivity index (χ3v) is 4.11. The Balaban J connectivity index is 2.74. The van der Waals surface area contributed by atoms with Crippen LogP contribution in [0.4, 0.5) is 13.2 Å². The number of nitriles is 1. The fraction of sp³-hybridized carbons (Fsp3) is 0.350. The largest absolute Gasteiger partial charge is 0.463 e. The normalized spacial score (nSPS) is 12.3. The number of pyridine rings is 1. The van der Waals surface area contributed by atoms with Crippen molar-refractivity contribution in [2.24, 2.45) is 0 Å². The van der Waals surface area contributed by atoms with Crippen molar-refractivity contribution >= 4 is 5.97 Å². The number of benzene rings is 1. The van der Waals surface area contributed by atoms with Crippen molar-refractivity contribution in [1.82, 2.24) is 4.57 Å². The van der Waals surface area contributed by atoms with E-state index in [-0.39, 0.29) is 5.69 Å². The zero-order chi connectivity index (χ0) is 21.9. The van der Waals surface area contributed by atoms with Crippen LogP contribution in [-0.2, 0) is 22.3 Å². The Bertz CT molecular complexity index is 1020. The van der Waals surface area contributed by atoms with E-state index in [2.05, 4.69) is 4.74 Å². The smallest absolute Gasteiger partial charge is 0.417 e. The standard InChI is InChI=1S/C20H19F3N2O4/c1-11-4-12(2)6-14(5-11)18-7-17(20(21,22)23)16(8-24)19(28)25(18)9-15(27)10-29-13(3)26/h4-7,15,27H,9-10H2,1-3H3. The highest BCUT2D eigenvalue weighted by Gasteiger charge is 2.36. The maximum atomic E-state index is 13.5. The predicted octanol–water partition coefficient (Wildman–Crippen LogP) is 2.95. The van der Waals surface area contributed by atoms with Gasteiger partial charge >= 0.3 is 12.1 Å². The first-order valence-electron chi connectivity index (χ1n) is 8.59. The molecule has 1 aromatic carbocycles. The van der Waals surface area contributed by atoms with Crippen LogP contribution in [0.15, 0.2) is 29.1 Å². The molecule has 0 aliphatic rings. The molecule has 6 nitrogen and oxygen atoms in total. The van der Waals surface area contributed by atoms with E-state index < -0.39 is 48.1 Å². The van der Waals surface area contributed by atoms with Crippen molar-refractivity contribution in [3.05, 3.63) is 56.9 Å². The summed E-state index contributed by atoms with van der Waals surface area (Å²) in [5.41, 5.74) is -1.84. The molecule has 0 bridgehead atoms. The van der Waals surface area contributed by atoms with Crippen molar-refractivity contribution < 1.29 is 27.8 Å². The second-order valence-corrected chi connectivity index (χ2v) is 6.68. The number of rotatable bonds is 5. The van der Waals surface area contributed by atoms with Crippen LogP contribution in [0.3, 0.4) is 0 Å². The summed E-state index contributed by atoms with van der Waals surface area (Å²) in [4.78, 5) is 23.6. The number of aryl methyl sites for hydroxylation is 2. The topological polar surface area (TPSA) is 92.3 Å². The van der Waals surface area contributed by atoms with Crippen LogP contribution in [0.1, 0.15) is 29.2 Å². The fourth-order valence-electron chi connectivity index (χ4n) is 3.00. The van der Waals surface area contributed by atoms with Gasteiger partial charge in [-0.05, 0) is 37.6 Å². The number of aliphatic hydroxyl groups excluding tert-OH is 1. The van der Waals surface area contributed by atoms with Gasteiger partial charge in [0.25, 0.3) is 5.56 Å². The zero-order valence-electron chi connectivity index (χ0n) is 16.0. The summed E-state index contributed by atoms with van der Waals surface area (Å²) in [6, 6.07) is 7.06. The van der Waals surface area contributed by atoms with Crippen LogP contribution in [0.2, 0.25) is 0 Å². The van der Waals surface area contributed by atoms with Gasteiger partial charge in [0.2, 0.25) is 0 Å². The lowest BCUT2D eigenvalue weighted by Crippen LogP contribution is -2.34. The minimum atomic E-state index is -4.91. The lowest BCUT2D eigenvalue weighted by molar-refractivity contribution is -0.144. The molecule has 2 rings (SSSR count). The molecule has 0 aliphatic heterocycles. The quantitative estimate of drug-likeness (QED) is 0.768. The summed E-state index contributed by atoms with van der Waals surface area (Å²) in [6.45, 7) is 3.73. The van der Waals surface area contributed by atoms with Crippen LogP contribution < -0.4 is 5.56 Å². The Morgan fingerprint density at radius 2 is 1.83 bits per heavy atom. The Morgan fingerprint density at radius 3 is 2.31 bits per heavy atom. The van der Waals surface area contributed by atoms with Crippen molar-refractivity contribution in [2.75, 3.05) is 6.61 Å². The Hall–Kier alpha value is -3.12. The number of nitrogens with zero attached hydrogens (tertiary/aromatic N) is 2. The average Bonchev–Trinajstić information content (AvgIpc) is 2.59. The van der Waals surface area contributed by atoms with Crippen LogP contribution in [0.25, 0.3) is 11.3 Å². The SMILES string of the molecule is CC(=O)OCC(O)Cn1c(-c2cc(C)cc(C)c2)cc(C(F)(F)F)c(C#N)c1=O. The zero-order valence-corrected chi connectivity index (χ0v) is 16.0. The summed E-state index contributed by atoms with van der Waals surface area (Å²) >= 11 is 0. The molecule has 1 atom stereocenters. The van der Waals surface area contributed by atoms with Gasteiger partial charge in [-0.3, -0.25) is 9.59 Å². The lowest BCUT2D eigenvalue weighted by atomic mass is 10.0. The van der Waals surface area contributed by atoms with Crippen molar-refractivity contribution in [3.63, 3.8) is 0 Å². The van der Waals surface area contributed by atoms with E-state index in [9.17, 15) is 27.9 Å². The molecule has 29 heavy (non-hydrogen) atoms. The third-order valence-electron chi connectivity index (χ3n) is 4.11. The number of halogens is 3. The number of hydrogen-bond acceptors (Lipinski definition) is 5. The summed E-state index contributed by atoms with van der Waals surface area (Å²) in [5, 5.41) is 19.3. The second-order valence-electron chi connectivity index (χ2n) is 6.68. The number of alkyl halides is 3. The van der Waals surface area contributed by atoms with E-state index in [4.69, 9.17) is 5.26 Å². The number of carbonyl (C=O) groups is 1. The summed E-state index contributed by atoms with van der Waals surface area (Å²) < 4.78 is 46.0. The van der Waals surface area contributed by atoms with Gasteiger partial charge in [0.1, 0.15) is 24.3 Å². The number of carbonyl (C=O) groups excluding carboxylic acids is 1. The molecule has 154 valence electrons. The molecule has 0 radical (unpaired) electrons. The Morgan fingerprint density at radius 1 is 1.24 bits per heavy atom. The number of ether oxygens (including phenoxy) is 1. The van der Waals surface area contributed by atoms with E-state index in [1.807, 2.05) is 6.07 Å². The molecular formula is C20H19F3N2O4. The van der Waals surface area contributed by atoms with Crippen LogP contribution in [0, 0.1) is 25.2 Å². The molecule has 1 heterocycles. The molecule has 9 heteroatoms. The number of hydrogen-bond donors (Lipinski definition) is 1. The number of esters is 1. The van der Waals surface area contributed by atoms with Crippen molar-refractivity contribution in [3.8, 4) is 17.3 Å². The maximum Gasteiger partial charge on any atom is 0.417 e. The van der Waals surface area contributed by atoms with E-state index in [0.29, 0.717) is 5.56 Å². The summed E-state index contributed by atoms with van der Waals surface area (Å²) in [6.07, 6.45) is -6.27. The van der Waals surface area contributed by atoms with Crippen molar-refractivity contribution in [2.45, 2.75) is 39.6 Å². The molecule has 0 amide bonds. The second kappa shape index (κ2) is 8.49. The Kier molecular flexibility index (Phi) is 6.49. The average molecular weight is 408 g/mol. The molecule has 0 aliphatic carbocycles. The molecule has 0 saturated carbocycles. The van der Waals surface area contributed by atoms with Gasteiger partial charge in [-0.25, -0.2) is 0 Å². The van der Waals surface area contributed by atoms with E-state index in [1.165, 1.54) is 6.07 Å². The molecule has 1 N–H and O–H groups in total. The molecule has 0 saturated heterocycles. The van der Waals surface area contributed by atoms with Gasteiger partial charge < -0.3 is 14.4 Å². The van der Waals surface area contributed by atoms with Crippen LogP contribution >= 0.6 is 0 Å². The van der Waals surface area contributed by atoms with Gasteiger partial charge in [-0.2, -0.15) is 18.4 Å². The molecule has 1 unspecified atom stereocenters. The van der Waals surface area contributed by atoms with E-state index >= 15 is 0 Å². The maximum absolute atomic E-state index is 13.5. The minimum absolute atomic E-state index is 0.102. The molecule has 2 aromatic rings. The summed E-state index contributed by atoms with van der Waals surface area (Å²) in [7, 11) is 0. The highest BCUT2D eigenvalue weighted by molar-refractivity contribution is 5.66. The molecular weight excluding hydrogens is 389 g/mol. The van der Waals surface area contributed by atoms with Gasteiger partial charge in [0.05, 0.1) is 17.8 Å². The number of aliphatic hydroxyl groups is 1. The Labute approximate surface area is 164 Å². The van der Waals surface area contributed by atoms with Gasteiger partial charge in [0, 0.05) is 6.92 Å². The van der Waals surface area contributed by atoms with E-state index in [0.717, 1.165) is 28.7 Å². The highest BCUT2D eigenvalue weighted by atomic mass is 19.4. The van der Waals surface area contributed by atoms with Crippen LogP contribution in [-0.4, -0.2) is 28.4 Å². The van der Waals surface area contributed by atoms with E-state index in [1.54, 1.807) is 26.0 Å². The first-order chi connectivity index (χ1) is 13.4. The van der Waals surface area contributed by atoms with Gasteiger partial charge in [-0.15, -0.1) is 0 Å². The molecule has 1 aromatic heterocycles. The number of aromatic nitrogens is 1. The first-order valence-corrected chi connectivity index (χ1v) is 8.59. The monoisotopic (exact) mass is 408 g/mol. The van der Waals surface area contributed by atoms with Crippen LogP contribution in [0.5, 0.6) is 0 Å². The molecule has 0 spiro atoms. The third kappa shape index (κ3) is 5.23.